The maximum Gasteiger partial charge on any atom is 0.255 e. The Morgan fingerprint density at radius 3 is 2.78 bits per heavy atom. The molecule has 5 nitrogen and oxygen atoms in total. The number of carbonyl (C=O) groups excluding carboxylic acids is 2. The van der Waals surface area contributed by atoms with E-state index in [-0.39, 0.29) is 24.1 Å². The molecule has 1 unspecified atom stereocenters. The second-order valence-corrected chi connectivity index (χ2v) is 7.19. The van der Waals surface area contributed by atoms with Gasteiger partial charge >= 0.3 is 0 Å². The third-order valence-corrected chi connectivity index (χ3v) is 5.19. The average Bonchev–Trinajstić information content (AvgIpc) is 2.81. The molecule has 2 aromatic rings. The topological polar surface area (TPSA) is 58.6 Å². The Labute approximate surface area is 157 Å². The van der Waals surface area contributed by atoms with E-state index in [4.69, 9.17) is 4.74 Å². The predicted octanol–water partition coefficient (Wildman–Crippen LogP) is 2.55. The van der Waals surface area contributed by atoms with Crippen LogP contribution in [0.4, 0.5) is 4.39 Å². The van der Waals surface area contributed by atoms with Crippen LogP contribution < -0.4 is 10.1 Å². The number of ether oxygens (including phenoxy) is 1. The van der Waals surface area contributed by atoms with E-state index in [1.807, 2.05) is 6.07 Å². The van der Waals surface area contributed by atoms with Gasteiger partial charge in [-0.1, -0.05) is 24.3 Å². The third kappa shape index (κ3) is 3.65. The quantitative estimate of drug-likeness (QED) is 0.886. The molecule has 140 valence electrons. The van der Waals surface area contributed by atoms with E-state index < -0.39 is 5.60 Å². The van der Waals surface area contributed by atoms with Gasteiger partial charge < -0.3 is 15.0 Å². The highest BCUT2D eigenvalue weighted by Gasteiger charge is 2.41. The van der Waals surface area contributed by atoms with Crippen LogP contribution in [-0.2, 0) is 11.2 Å². The largest absolute Gasteiger partial charge is 0.483 e. The fourth-order valence-electron chi connectivity index (χ4n) is 3.78. The highest BCUT2D eigenvalue weighted by Crippen LogP contribution is 2.32. The number of amides is 2. The minimum atomic E-state index is -0.626. The lowest BCUT2D eigenvalue weighted by atomic mass is 9.92. The number of likely N-dealkylation sites (tertiary alicyclic amines) is 1. The van der Waals surface area contributed by atoms with Crippen LogP contribution in [0.2, 0.25) is 0 Å². The highest BCUT2D eigenvalue weighted by molar-refractivity contribution is 5.97. The van der Waals surface area contributed by atoms with Crippen LogP contribution >= 0.6 is 0 Å². The predicted molar refractivity (Wildman–Crippen MR) is 98.1 cm³/mol. The minimum Gasteiger partial charge on any atom is -0.483 e. The molecule has 0 saturated carbocycles. The summed E-state index contributed by atoms with van der Waals surface area (Å²) in [6.45, 7) is 1.43. The summed E-state index contributed by atoms with van der Waals surface area (Å²) in [6, 6.07) is 13.2. The lowest BCUT2D eigenvalue weighted by Gasteiger charge is -2.42. The number of hydrogen-bond acceptors (Lipinski definition) is 3. The summed E-state index contributed by atoms with van der Waals surface area (Å²) >= 11 is 0. The zero-order valence-electron chi connectivity index (χ0n) is 14.9. The number of benzene rings is 2. The van der Waals surface area contributed by atoms with Gasteiger partial charge in [0.2, 0.25) is 5.91 Å². The molecule has 0 radical (unpaired) electrons. The molecular weight excluding hydrogens is 347 g/mol. The summed E-state index contributed by atoms with van der Waals surface area (Å²) in [5, 5.41) is 2.93. The van der Waals surface area contributed by atoms with E-state index in [0.29, 0.717) is 30.9 Å². The van der Waals surface area contributed by atoms with Gasteiger partial charge in [0, 0.05) is 6.54 Å². The van der Waals surface area contributed by atoms with Crippen molar-refractivity contribution in [2.75, 3.05) is 19.6 Å². The van der Waals surface area contributed by atoms with Crippen molar-refractivity contribution >= 4 is 11.8 Å². The summed E-state index contributed by atoms with van der Waals surface area (Å²) < 4.78 is 19.3. The summed E-state index contributed by atoms with van der Waals surface area (Å²) in [5.74, 6) is 0.0649. The summed E-state index contributed by atoms with van der Waals surface area (Å²) in [5.41, 5.74) is 0.671. The molecule has 2 heterocycles. The Balaban J connectivity index is 1.51. The maximum atomic E-state index is 13.1. The number of nitrogens with zero attached hydrogens (tertiary/aromatic N) is 1. The van der Waals surface area contributed by atoms with E-state index in [0.717, 1.165) is 18.4 Å². The molecular formula is C21H21FN2O3. The van der Waals surface area contributed by atoms with Gasteiger partial charge in [-0.05, 0) is 42.7 Å². The number of hydrogen-bond donors (Lipinski definition) is 1. The van der Waals surface area contributed by atoms with Crippen molar-refractivity contribution in [2.24, 2.45) is 0 Å². The first-order chi connectivity index (χ1) is 13.0. The molecule has 1 saturated heterocycles. The van der Waals surface area contributed by atoms with Crippen molar-refractivity contribution in [1.82, 2.24) is 10.2 Å². The molecule has 1 fully saturated rings. The molecule has 2 aromatic carbocycles. The molecule has 1 spiro atoms. The van der Waals surface area contributed by atoms with E-state index in [2.05, 4.69) is 5.32 Å². The van der Waals surface area contributed by atoms with Gasteiger partial charge in [0.25, 0.3) is 5.91 Å². The fraction of sp³-hybridized carbons (Fsp3) is 0.333. The van der Waals surface area contributed by atoms with Gasteiger partial charge in [-0.3, -0.25) is 9.59 Å². The molecule has 2 amide bonds. The van der Waals surface area contributed by atoms with E-state index in [1.54, 1.807) is 35.2 Å². The van der Waals surface area contributed by atoms with Crippen molar-refractivity contribution in [1.29, 1.82) is 0 Å². The van der Waals surface area contributed by atoms with Crippen LogP contribution in [0, 0.1) is 5.82 Å². The molecule has 1 atom stereocenters. The molecule has 2 aliphatic rings. The van der Waals surface area contributed by atoms with Crippen molar-refractivity contribution in [3.8, 4) is 5.75 Å². The second kappa shape index (κ2) is 7.02. The number of nitrogens with one attached hydrogen (secondary N) is 1. The number of para-hydroxylation sites is 1. The summed E-state index contributed by atoms with van der Waals surface area (Å²) in [6.07, 6.45) is 1.79. The number of carbonyl (C=O) groups is 2. The van der Waals surface area contributed by atoms with Crippen LogP contribution in [0.3, 0.4) is 0 Å². The van der Waals surface area contributed by atoms with E-state index >= 15 is 0 Å². The second-order valence-electron chi connectivity index (χ2n) is 7.19. The zero-order chi connectivity index (χ0) is 18.9. The van der Waals surface area contributed by atoms with Crippen molar-refractivity contribution in [3.05, 3.63) is 65.5 Å². The normalized spacial score (nSPS) is 21.8. The van der Waals surface area contributed by atoms with Crippen molar-refractivity contribution in [3.63, 3.8) is 0 Å². The highest BCUT2D eigenvalue weighted by atomic mass is 19.1. The Morgan fingerprint density at radius 1 is 1.19 bits per heavy atom. The van der Waals surface area contributed by atoms with E-state index in [1.165, 1.54) is 12.1 Å². The van der Waals surface area contributed by atoms with Crippen LogP contribution in [0.15, 0.2) is 48.5 Å². The Kier molecular flexibility index (Phi) is 4.56. The SMILES string of the molecule is O=C1NCC2(CCCN(C(=O)Cc3ccc(F)cc3)C2)Oc2ccccc21. The number of fused-ring (bicyclic) bond motifs is 1. The standard InChI is InChI=1S/C21H21FN2O3/c22-16-8-6-15(7-9-16)12-19(25)24-11-3-10-21(14-24)13-23-20(26)17-4-1-2-5-18(17)27-21/h1-2,4-9H,3,10-14H2,(H,23,26). The molecule has 4 rings (SSSR count). The van der Waals surface area contributed by atoms with Gasteiger partial charge in [0.1, 0.15) is 17.2 Å². The number of piperidine rings is 1. The van der Waals surface area contributed by atoms with E-state index in [9.17, 15) is 14.0 Å². The molecule has 0 aromatic heterocycles. The van der Waals surface area contributed by atoms with Gasteiger partial charge in [-0.15, -0.1) is 0 Å². The summed E-state index contributed by atoms with van der Waals surface area (Å²) in [4.78, 5) is 26.9. The van der Waals surface area contributed by atoms with Crippen LogP contribution in [-0.4, -0.2) is 41.9 Å². The van der Waals surface area contributed by atoms with Crippen LogP contribution in [0.5, 0.6) is 5.75 Å². The van der Waals surface area contributed by atoms with Crippen molar-refractivity contribution in [2.45, 2.75) is 24.9 Å². The number of halogens is 1. The first kappa shape index (κ1) is 17.5. The van der Waals surface area contributed by atoms with Crippen molar-refractivity contribution < 1.29 is 18.7 Å². The minimum absolute atomic E-state index is 0.0202. The smallest absolute Gasteiger partial charge is 0.255 e. The molecule has 1 N–H and O–H groups in total. The van der Waals surface area contributed by atoms with Gasteiger partial charge in [-0.2, -0.15) is 0 Å². The van der Waals surface area contributed by atoms with Crippen LogP contribution in [0.1, 0.15) is 28.8 Å². The number of rotatable bonds is 2. The first-order valence-corrected chi connectivity index (χ1v) is 9.13. The molecule has 27 heavy (non-hydrogen) atoms. The Hall–Kier alpha value is -2.89. The molecule has 2 aliphatic heterocycles. The third-order valence-electron chi connectivity index (χ3n) is 5.19. The lowest BCUT2D eigenvalue weighted by molar-refractivity contribution is -0.136. The van der Waals surface area contributed by atoms with Crippen LogP contribution in [0.25, 0.3) is 0 Å². The molecule has 6 heteroatoms. The fourth-order valence-corrected chi connectivity index (χ4v) is 3.78. The molecule has 0 aliphatic carbocycles. The first-order valence-electron chi connectivity index (χ1n) is 9.13. The summed E-state index contributed by atoms with van der Waals surface area (Å²) in [7, 11) is 0. The van der Waals surface area contributed by atoms with Gasteiger partial charge in [-0.25, -0.2) is 4.39 Å². The average molecular weight is 368 g/mol. The Bertz CT molecular complexity index is 868. The monoisotopic (exact) mass is 368 g/mol. The van der Waals surface area contributed by atoms with Gasteiger partial charge in [0.05, 0.1) is 25.1 Å². The van der Waals surface area contributed by atoms with Gasteiger partial charge in [0.15, 0.2) is 0 Å². The molecule has 0 bridgehead atoms. The Morgan fingerprint density at radius 2 is 1.96 bits per heavy atom. The maximum absolute atomic E-state index is 13.1. The zero-order valence-corrected chi connectivity index (χ0v) is 14.9. The lowest BCUT2D eigenvalue weighted by Crippen LogP contribution is -2.58.